The number of rotatable bonds is 5. The van der Waals surface area contributed by atoms with E-state index >= 15 is 0 Å². The first-order chi connectivity index (χ1) is 12.4. The zero-order valence-electron chi connectivity index (χ0n) is 14.3. The minimum atomic E-state index is -1.000. The van der Waals surface area contributed by atoms with Crippen molar-refractivity contribution in [2.45, 2.75) is 43.9 Å². The molecule has 2 bridgehead atoms. The summed E-state index contributed by atoms with van der Waals surface area (Å²) in [5.41, 5.74) is -0.685. The minimum Gasteiger partial charge on any atom is -0.459 e. The minimum absolute atomic E-state index is 0.0712. The van der Waals surface area contributed by atoms with Gasteiger partial charge < -0.3 is 9.57 Å². The van der Waals surface area contributed by atoms with Gasteiger partial charge in [0.25, 0.3) is 0 Å². The quantitative estimate of drug-likeness (QED) is 0.449. The molecule has 2 fully saturated rings. The van der Waals surface area contributed by atoms with Crippen LogP contribution in [0, 0.1) is 0 Å². The van der Waals surface area contributed by atoms with Gasteiger partial charge in [-0.2, -0.15) is 0 Å². The van der Waals surface area contributed by atoms with Crippen molar-refractivity contribution in [1.29, 1.82) is 0 Å². The van der Waals surface area contributed by atoms with Crippen LogP contribution in [0.5, 0.6) is 0 Å². The van der Waals surface area contributed by atoms with Crippen LogP contribution < -0.4 is 0 Å². The summed E-state index contributed by atoms with van der Waals surface area (Å²) < 4.78 is 5.45. The fraction of sp³-hybridized carbons (Fsp3) is 0.368. The summed E-state index contributed by atoms with van der Waals surface area (Å²) in [6.07, 6.45) is 2.03. The molecule has 7 nitrogen and oxygen atoms in total. The highest BCUT2D eigenvalue weighted by Gasteiger charge is 2.60. The summed E-state index contributed by atoms with van der Waals surface area (Å²) in [4.78, 5) is 53.9. The van der Waals surface area contributed by atoms with E-state index < -0.39 is 41.2 Å². The molecule has 136 valence electrons. The van der Waals surface area contributed by atoms with Gasteiger partial charge in [0.1, 0.15) is 17.7 Å². The zero-order valence-corrected chi connectivity index (χ0v) is 14.3. The van der Waals surface area contributed by atoms with Crippen LogP contribution in [0.4, 0.5) is 0 Å². The van der Waals surface area contributed by atoms with Gasteiger partial charge in [0, 0.05) is 26.2 Å². The van der Waals surface area contributed by atoms with E-state index in [9.17, 15) is 19.2 Å². The predicted molar refractivity (Wildman–Crippen MR) is 89.8 cm³/mol. The van der Waals surface area contributed by atoms with Crippen molar-refractivity contribution in [3.63, 3.8) is 0 Å². The number of hydrogen-bond acceptors (Lipinski definition) is 7. The van der Waals surface area contributed by atoms with Crippen molar-refractivity contribution < 1.29 is 28.8 Å². The molecule has 0 aliphatic carbocycles. The van der Waals surface area contributed by atoms with Gasteiger partial charge in [0.15, 0.2) is 0 Å². The topological polar surface area (TPSA) is 90.0 Å². The largest absolute Gasteiger partial charge is 0.459 e. The highest BCUT2D eigenvalue weighted by atomic mass is 16.7. The lowest BCUT2D eigenvalue weighted by molar-refractivity contribution is -0.204. The molecule has 0 aromatic heterocycles. The summed E-state index contributed by atoms with van der Waals surface area (Å²) in [7, 11) is 0. The van der Waals surface area contributed by atoms with E-state index in [-0.39, 0.29) is 12.8 Å². The van der Waals surface area contributed by atoms with Crippen molar-refractivity contribution in [3.05, 3.63) is 48.6 Å². The molecule has 0 amide bonds. The monoisotopic (exact) mass is 357 g/mol. The Balaban J connectivity index is 1.85. The molecular formula is C19H19NO6. The molecule has 3 rings (SSSR count). The second-order valence-electron chi connectivity index (χ2n) is 6.54. The molecule has 0 spiro atoms. The molecule has 26 heavy (non-hydrogen) atoms. The van der Waals surface area contributed by atoms with Gasteiger partial charge in [-0.05, 0) is 12.1 Å². The Labute approximate surface area is 150 Å². The normalized spacial score (nSPS) is 27.9. The lowest BCUT2D eigenvalue weighted by atomic mass is 9.84. The predicted octanol–water partition coefficient (Wildman–Crippen LogP) is 1.62. The van der Waals surface area contributed by atoms with Crippen molar-refractivity contribution in [2.24, 2.45) is 0 Å². The summed E-state index contributed by atoms with van der Waals surface area (Å²) in [6, 6.07) is 6.37. The van der Waals surface area contributed by atoms with Gasteiger partial charge in [0.05, 0.1) is 5.56 Å². The van der Waals surface area contributed by atoms with Crippen LogP contribution in [0.2, 0.25) is 0 Å². The van der Waals surface area contributed by atoms with Gasteiger partial charge in [-0.3, -0.25) is 14.4 Å². The van der Waals surface area contributed by atoms with Crippen LogP contribution in [0.1, 0.15) is 36.5 Å². The van der Waals surface area contributed by atoms with Gasteiger partial charge in [-0.25, -0.2) is 4.79 Å². The maximum Gasteiger partial charge on any atom is 0.357 e. The van der Waals surface area contributed by atoms with E-state index in [0.717, 1.165) is 5.06 Å². The molecule has 7 heteroatoms. The maximum atomic E-state index is 12.3. The van der Waals surface area contributed by atoms with E-state index in [2.05, 4.69) is 6.58 Å². The molecule has 2 aliphatic rings. The van der Waals surface area contributed by atoms with Crippen molar-refractivity contribution in [3.8, 4) is 0 Å². The molecule has 2 atom stereocenters. The van der Waals surface area contributed by atoms with Crippen molar-refractivity contribution in [2.75, 3.05) is 0 Å². The second kappa shape index (κ2) is 6.84. The SMILES string of the molecule is C=CCC1(OC(C)=O)CC2C(=O)C(=O)C(C1)N2OC(=O)c1ccccc1. The van der Waals surface area contributed by atoms with E-state index in [4.69, 9.17) is 9.57 Å². The second-order valence-corrected chi connectivity index (χ2v) is 6.54. The third-order valence-electron chi connectivity index (χ3n) is 4.67. The van der Waals surface area contributed by atoms with Crippen molar-refractivity contribution in [1.82, 2.24) is 5.06 Å². The third kappa shape index (κ3) is 3.17. The summed E-state index contributed by atoms with van der Waals surface area (Å²) >= 11 is 0. The molecule has 0 saturated carbocycles. The standard InChI is InChI=1S/C19H19NO6/c1-3-9-19(25-12(2)21)10-14-16(22)17(23)15(11-19)20(14)26-18(24)13-7-5-4-6-8-13/h3-8,14-15H,1,9-11H2,2H3. The molecular weight excluding hydrogens is 338 g/mol. The maximum absolute atomic E-state index is 12.3. The van der Waals surface area contributed by atoms with Crippen LogP contribution in [0.3, 0.4) is 0 Å². The Morgan fingerprint density at radius 3 is 2.27 bits per heavy atom. The van der Waals surface area contributed by atoms with Gasteiger partial charge in [-0.15, -0.1) is 11.6 Å². The third-order valence-corrected chi connectivity index (χ3v) is 4.67. The first-order valence-electron chi connectivity index (χ1n) is 8.31. The highest BCUT2D eigenvalue weighted by molar-refractivity contribution is 6.43. The molecule has 2 unspecified atom stereocenters. The number of carbonyl (C=O) groups is 4. The number of ether oxygens (including phenoxy) is 1. The average Bonchev–Trinajstić information content (AvgIpc) is 2.74. The van der Waals surface area contributed by atoms with Crippen LogP contribution in [-0.2, 0) is 24.0 Å². The van der Waals surface area contributed by atoms with E-state index in [0.29, 0.717) is 12.0 Å². The number of esters is 1. The van der Waals surface area contributed by atoms with Crippen LogP contribution in [-0.4, -0.2) is 46.3 Å². The number of hydroxylamine groups is 2. The average molecular weight is 357 g/mol. The molecule has 1 aromatic rings. The van der Waals surface area contributed by atoms with Gasteiger partial charge in [-0.1, -0.05) is 24.3 Å². The molecule has 0 radical (unpaired) electrons. The zero-order chi connectivity index (χ0) is 18.9. The van der Waals surface area contributed by atoms with Crippen LogP contribution in [0.15, 0.2) is 43.0 Å². The Morgan fingerprint density at radius 1 is 1.19 bits per heavy atom. The number of carbonyl (C=O) groups excluding carboxylic acids is 4. The fourth-order valence-corrected chi connectivity index (χ4v) is 3.64. The fourth-order valence-electron chi connectivity index (χ4n) is 3.64. The smallest absolute Gasteiger partial charge is 0.357 e. The van der Waals surface area contributed by atoms with E-state index in [1.165, 1.54) is 6.92 Å². The number of piperidine rings is 1. The summed E-state index contributed by atoms with van der Waals surface area (Å²) in [5, 5.41) is 1.16. The highest BCUT2D eigenvalue weighted by Crippen LogP contribution is 2.42. The molecule has 2 aliphatic heterocycles. The Morgan fingerprint density at radius 2 is 1.77 bits per heavy atom. The summed E-state index contributed by atoms with van der Waals surface area (Å²) in [6.45, 7) is 4.94. The Bertz CT molecular complexity index is 747. The van der Waals surface area contributed by atoms with Crippen molar-refractivity contribution >= 4 is 23.5 Å². The number of hydrogen-bond donors (Lipinski definition) is 0. The van der Waals surface area contributed by atoms with Crippen LogP contribution in [0.25, 0.3) is 0 Å². The number of Topliss-reactive ketones (excluding diaryl/α,β-unsaturated/α-hetero) is 2. The first kappa shape index (κ1) is 18.0. The van der Waals surface area contributed by atoms with Gasteiger partial charge in [0.2, 0.25) is 11.6 Å². The number of ketones is 2. The van der Waals surface area contributed by atoms with Gasteiger partial charge >= 0.3 is 11.9 Å². The summed E-state index contributed by atoms with van der Waals surface area (Å²) in [5.74, 6) is -2.41. The number of fused-ring (bicyclic) bond motifs is 2. The van der Waals surface area contributed by atoms with E-state index in [1.807, 2.05) is 0 Å². The first-order valence-corrected chi connectivity index (χ1v) is 8.31. The number of nitrogens with zero attached hydrogens (tertiary/aromatic N) is 1. The van der Waals surface area contributed by atoms with E-state index in [1.54, 1.807) is 36.4 Å². The molecule has 0 N–H and O–H groups in total. The molecule has 2 heterocycles. The van der Waals surface area contributed by atoms with Crippen LogP contribution >= 0.6 is 0 Å². The Kier molecular flexibility index (Phi) is 4.73. The lowest BCUT2D eigenvalue weighted by Gasteiger charge is -2.42. The molecule has 2 saturated heterocycles. The number of benzene rings is 1. The lowest BCUT2D eigenvalue weighted by Crippen LogP contribution is -2.54. The Hall–Kier alpha value is -2.80. The molecule has 1 aromatic carbocycles.